The molecular weight excluding hydrogens is 476 g/mol. The largest absolute Gasteiger partial charge is 0.492 e. The van der Waals surface area contributed by atoms with Gasteiger partial charge in [0.05, 0.1) is 35.0 Å². The van der Waals surface area contributed by atoms with Gasteiger partial charge in [-0.25, -0.2) is 13.2 Å². The molecule has 0 bridgehead atoms. The minimum atomic E-state index is -4.08. The van der Waals surface area contributed by atoms with E-state index >= 15 is 0 Å². The van der Waals surface area contributed by atoms with E-state index in [1.54, 1.807) is 48.7 Å². The van der Waals surface area contributed by atoms with E-state index < -0.39 is 16.0 Å². The maximum atomic E-state index is 14.0. The van der Waals surface area contributed by atoms with Gasteiger partial charge in [0.2, 0.25) is 0 Å². The Morgan fingerprint density at radius 1 is 0.889 bits per heavy atom. The van der Waals surface area contributed by atoms with Crippen LogP contribution in [-0.4, -0.2) is 26.0 Å². The molecule has 0 aliphatic carbocycles. The zero-order valence-electron chi connectivity index (χ0n) is 19.8. The zero-order valence-corrected chi connectivity index (χ0v) is 20.6. The van der Waals surface area contributed by atoms with E-state index in [9.17, 15) is 13.2 Å². The fourth-order valence-corrected chi connectivity index (χ4v) is 5.12. The van der Waals surface area contributed by atoms with Gasteiger partial charge < -0.3 is 9.47 Å². The lowest BCUT2D eigenvalue weighted by Crippen LogP contribution is -2.31. The van der Waals surface area contributed by atoms with E-state index in [4.69, 9.17) is 9.47 Å². The number of benzene rings is 3. The normalized spacial score (nSPS) is 11.0. The van der Waals surface area contributed by atoms with Crippen LogP contribution >= 0.6 is 0 Å². The maximum Gasteiger partial charge on any atom is 0.338 e. The zero-order chi connectivity index (χ0) is 25.4. The van der Waals surface area contributed by atoms with Crippen molar-refractivity contribution in [2.45, 2.75) is 25.0 Å². The van der Waals surface area contributed by atoms with Crippen LogP contribution < -0.4 is 9.04 Å². The molecule has 0 amide bonds. The van der Waals surface area contributed by atoms with Crippen molar-refractivity contribution in [3.8, 4) is 5.75 Å². The Morgan fingerprint density at radius 2 is 1.64 bits per heavy atom. The predicted molar refractivity (Wildman–Crippen MR) is 137 cm³/mol. The molecule has 0 atom stereocenters. The summed E-state index contributed by atoms with van der Waals surface area (Å²) in [5.41, 5.74) is 1.94. The number of ether oxygens (including phenoxy) is 2. The monoisotopic (exact) mass is 502 g/mol. The molecular formula is C28H26N2O5S. The van der Waals surface area contributed by atoms with Crippen LogP contribution in [0, 0.1) is 0 Å². The number of carbonyl (C=O) groups is 1. The lowest BCUT2D eigenvalue weighted by atomic mass is 10.2. The number of hydrogen-bond donors (Lipinski definition) is 0. The lowest BCUT2D eigenvalue weighted by Gasteiger charge is -2.26. The third kappa shape index (κ3) is 5.90. The predicted octanol–water partition coefficient (Wildman–Crippen LogP) is 5.23. The molecule has 0 aliphatic rings. The second-order valence-corrected chi connectivity index (χ2v) is 9.69. The molecule has 0 spiro atoms. The van der Waals surface area contributed by atoms with Crippen LogP contribution in [-0.2, 0) is 27.9 Å². The highest BCUT2D eigenvalue weighted by molar-refractivity contribution is 7.92. The molecule has 4 rings (SSSR count). The Labute approximate surface area is 211 Å². The number of para-hydroxylation sites is 2. The average Bonchev–Trinajstić information content (AvgIpc) is 2.92. The minimum absolute atomic E-state index is 0.0154. The highest BCUT2D eigenvalue weighted by Crippen LogP contribution is 2.34. The summed E-state index contributed by atoms with van der Waals surface area (Å²) >= 11 is 0. The summed E-state index contributed by atoms with van der Waals surface area (Å²) in [7, 11) is -4.08. The molecule has 0 unspecified atom stereocenters. The first-order valence-corrected chi connectivity index (χ1v) is 12.9. The van der Waals surface area contributed by atoms with E-state index in [-0.39, 0.29) is 23.6 Å². The van der Waals surface area contributed by atoms with Crippen LogP contribution in [0.5, 0.6) is 5.75 Å². The molecule has 0 saturated heterocycles. The Balaban J connectivity index is 1.68. The number of carbonyl (C=O) groups excluding carboxylic acids is 1. The molecule has 184 valence electrons. The summed E-state index contributed by atoms with van der Waals surface area (Å²) < 4.78 is 40.3. The highest BCUT2D eigenvalue weighted by atomic mass is 32.2. The van der Waals surface area contributed by atoms with Crippen LogP contribution in [0.25, 0.3) is 0 Å². The van der Waals surface area contributed by atoms with Gasteiger partial charge in [-0.05, 0) is 55.0 Å². The van der Waals surface area contributed by atoms with Crippen molar-refractivity contribution in [3.05, 3.63) is 120 Å². The number of rotatable bonds is 10. The molecule has 0 radical (unpaired) electrons. The van der Waals surface area contributed by atoms with E-state index in [2.05, 4.69) is 4.98 Å². The highest BCUT2D eigenvalue weighted by Gasteiger charge is 2.28. The van der Waals surface area contributed by atoms with Gasteiger partial charge in [0, 0.05) is 6.20 Å². The Bertz CT molecular complexity index is 1410. The second kappa shape index (κ2) is 11.5. The average molecular weight is 503 g/mol. The number of sulfonamides is 1. The number of hydrogen-bond acceptors (Lipinski definition) is 6. The molecule has 0 N–H and O–H groups in total. The van der Waals surface area contributed by atoms with Crippen molar-refractivity contribution < 1.29 is 22.7 Å². The Morgan fingerprint density at radius 3 is 2.39 bits per heavy atom. The van der Waals surface area contributed by atoms with Gasteiger partial charge in [-0.3, -0.25) is 9.29 Å². The fraction of sp³-hybridized carbons (Fsp3) is 0.143. The maximum absolute atomic E-state index is 14.0. The van der Waals surface area contributed by atoms with E-state index in [1.807, 2.05) is 37.3 Å². The molecule has 0 fully saturated rings. The number of esters is 1. The Kier molecular flexibility index (Phi) is 7.97. The van der Waals surface area contributed by atoms with Crippen molar-refractivity contribution >= 4 is 21.7 Å². The van der Waals surface area contributed by atoms with E-state index in [0.29, 0.717) is 23.7 Å². The van der Waals surface area contributed by atoms with Crippen molar-refractivity contribution in [1.29, 1.82) is 0 Å². The molecule has 8 heteroatoms. The topological polar surface area (TPSA) is 85.8 Å². The summed E-state index contributed by atoms with van der Waals surface area (Å²) in [6, 6.07) is 27.4. The van der Waals surface area contributed by atoms with Crippen molar-refractivity contribution in [2.75, 3.05) is 10.9 Å². The first-order valence-electron chi connectivity index (χ1n) is 11.4. The molecule has 0 saturated carbocycles. The summed E-state index contributed by atoms with van der Waals surface area (Å²) in [5, 5.41) is 0. The lowest BCUT2D eigenvalue weighted by molar-refractivity contribution is 0.0467. The number of anilines is 1. The van der Waals surface area contributed by atoms with Gasteiger partial charge >= 0.3 is 5.97 Å². The molecule has 7 nitrogen and oxygen atoms in total. The summed E-state index contributed by atoms with van der Waals surface area (Å²) in [6.45, 7) is 2.29. The smallest absolute Gasteiger partial charge is 0.338 e. The molecule has 36 heavy (non-hydrogen) atoms. The molecule has 1 aromatic heterocycles. The summed E-state index contributed by atoms with van der Waals surface area (Å²) in [6.07, 6.45) is 1.61. The van der Waals surface area contributed by atoms with E-state index in [1.165, 1.54) is 28.6 Å². The van der Waals surface area contributed by atoms with Gasteiger partial charge in [0.15, 0.2) is 0 Å². The van der Waals surface area contributed by atoms with Crippen LogP contribution in [0.15, 0.2) is 108 Å². The van der Waals surface area contributed by atoms with Crippen LogP contribution in [0.2, 0.25) is 0 Å². The number of nitrogens with zero attached hydrogens (tertiary/aromatic N) is 2. The molecule has 0 aliphatic heterocycles. The molecule has 4 aromatic rings. The van der Waals surface area contributed by atoms with Gasteiger partial charge in [-0.2, -0.15) is 0 Å². The summed E-state index contributed by atoms with van der Waals surface area (Å²) in [5.74, 6) is -0.188. The number of pyridine rings is 1. The SMILES string of the molecule is CCOc1ccccc1N(Cc1ccccc1)S(=O)(=O)c1cccc(C(=O)OCc2ccccn2)c1. The van der Waals surface area contributed by atoms with Crippen LogP contribution in [0.1, 0.15) is 28.5 Å². The van der Waals surface area contributed by atoms with Crippen LogP contribution in [0.3, 0.4) is 0 Å². The molecule has 1 heterocycles. The Hall–Kier alpha value is -4.17. The summed E-state index contributed by atoms with van der Waals surface area (Å²) in [4.78, 5) is 16.8. The van der Waals surface area contributed by atoms with Crippen molar-refractivity contribution in [3.63, 3.8) is 0 Å². The van der Waals surface area contributed by atoms with Gasteiger partial charge in [0.25, 0.3) is 10.0 Å². The van der Waals surface area contributed by atoms with Crippen molar-refractivity contribution in [1.82, 2.24) is 4.98 Å². The van der Waals surface area contributed by atoms with Gasteiger partial charge in [-0.15, -0.1) is 0 Å². The quantitative estimate of drug-likeness (QED) is 0.276. The standard InChI is InChI=1S/C28H26N2O5S/c1-2-34-27-17-7-6-16-26(27)30(20-22-11-4-3-5-12-22)36(32,33)25-15-10-13-23(19-25)28(31)35-21-24-14-8-9-18-29-24/h3-19H,2,20-21H2,1H3. The van der Waals surface area contributed by atoms with Crippen LogP contribution in [0.4, 0.5) is 5.69 Å². The number of aromatic nitrogens is 1. The minimum Gasteiger partial charge on any atom is -0.492 e. The first kappa shape index (κ1) is 24.9. The van der Waals surface area contributed by atoms with Gasteiger partial charge in [0.1, 0.15) is 12.4 Å². The molecule has 3 aromatic carbocycles. The third-order valence-electron chi connectivity index (χ3n) is 5.34. The second-order valence-electron chi connectivity index (χ2n) is 7.82. The fourth-order valence-electron chi connectivity index (χ4n) is 3.61. The van der Waals surface area contributed by atoms with Gasteiger partial charge in [-0.1, -0.05) is 54.6 Å². The van der Waals surface area contributed by atoms with Crippen molar-refractivity contribution in [2.24, 2.45) is 0 Å². The third-order valence-corrected chi connectivity index (χ3v) is 7.09. The first-order chi connectivity index (χ1) is 17.5. The van der Waals surface area contributed by atoms with E-state index in [0.717, 1.165) is 5.56 Å².